The number of rotatable bonds is 4. The van der Waals surface area contributed by atoms with Crippen LogP contribution in [0.2, 0.25) is 0 Å². The van der Waals surface area contributed by atoms with Crippen molar-refractivity contribution < 1.29 is 9.59 Å². The molecule has 1 saturated heterocycles. The summed E-state index contributed by atoms with van der Waals surface area (Å²) in [6.07, 6.45) is 0.644. The fourth-order valence-electron chi connectivity index (χ4n) is 2.01. The van der Waals surface area contributed by atoms with Crippen molar-refractivity contribution in [2.45, 2.75) is 51.3 Å². The highest BCUT2D eigenvalue weighted by molar-refractivity contribution is 8.00. The molecule has 104 valence electrons. The van der Waals surface area contributed by atoms with E-state index in [1.165, 1.54) is 0 Å². The first-order valence-electron chi connectivity index (χ1n) is 6.43. The zero-order chi connectivity index (χ0) is 14.0. The Bertz CT molecular complexity index is 338. The van der Waals surface area contributed by atoms with Crippen molar-refractivity contribution in [2.24, 2.45) is 0 Å². The Kier molecular flexibility index (Phi) is 4.70. The molecule has 2 amide bonds. The highest BCUT2D eigenvalue weighted by Gasteiger charge is 2.43. The molecule has 0 spiro atoms. The van der Waals surface area contributed by atoms with Crippen LogP contribution in [-0.2, 0) is 9.59 Å². The van der Waals surface area contributed by atoms with E-state index in [1.54, 1.807) is 4.90 Å². The van der Waals surface area contributed by atoms with Crippen LogP contribution in [0.4, 0.5) is 0 Å². The minimum absolute atomic E-state index is 0.0217. The smallest absolute Gasteiger partial charge is 0.246 e. The van der Waals surface area contributed by atoms with Crippen molar-refractivity contribution in [3.05, 3.63) is 0 Å². The van der Waals surface area contributed by atoms with E-state index in [2.05, 4.69) is 26.1 Å². The number of hydrogen-bond acceptors (Lipinski definition) is 3. The molecular weight excluding hydrogens is 248 g/mol. The predicted molar refractivity (Wildman–Crippen MR) is 75.6 cm³/mol. The molecule has 1 N–H and O–H groups in total. The lowest BCUT2D eigenvalue weighted by molar-refractivity contribution is -0.152. The van der Waals surface area contributed by atoms with Gasteiger partial charge in [0.2, 0.25) is 11.8 Å². The number of nitrogens with one attached hydrogen (secondary N) is 1. The number of carbonyl (C=O) groups excluding carboxylic acids is 2. The fourth-order valence-corrected chi connectivity index (χ4v) is 2.89. The Balaban J connectivity index is 2.70. The van der Waals surface area contributed by atoms with Crippen molar-refractivity contribution in [3.8, 4) is 0 Å². The monoisotopic (exact) mass is 272 g/mol. The summed E-state index contributed by atoms with van der Waals surface area (Å²) in [5, 5.41) is 2.67. The third-order valence-corrected chi connectivity index (χ3v) is 4.58. The SMILES string of the molecule is CCC1(C)C(=O)NCC(=O)N1CCSC(C)(C)C. The van der Waals surface area contributed by atoms with Gasteiger partial charge in [0.05, 0.1) is 6.54 Å². The zero-order valence-electron chi connectivity index (χ0n) is 12.0. The minimum atomic E-state index is -0.687. The summed E-state index contributed by atoms with van der Waals surface area (Å²) >= 11 is 1.82. The highest BCUT2D eigenvalue weighted by atomic mass is 32.2. The first-order valence-corrected chi connectivity index (χ1v) is 7.42. The van der Waals surface area contributed by atoms with Gasteiger partial charge in [0.25, 0.3) is 0 Å². The molecule has 1 atom stereocenters. The molecule has 4 nitrogen and oxygen atoms in total. The first-order chi connectivity index (χ1) is 8.20. The summed E-state index contributed by atoms with van der Waals surface area (Å²) in [5.74, 6) is 0.844. The van der Waals surface area contributed by atoms with E-state index in [-0.39, 0.29) is 23.1 Å². The van der Waals surface area contributed by atoms with Crippen LogP contribution < -0.4 is 5.32 Å². The van der Waals surface area contributed by atoms with Gasteiger partial charge in [0, 0.05) is 17.0 Å². The van der Waals surface area contributed by atoms with Gasteiger partial charge in [-0.05, 0) is 13.3 Å². The van der Waals surface area contributed by atoms with E-state index in [1.807, 2.05) is 25.6 Å². The number of amides is 2. The average molecular weight is 272 g/mol. The number of thioether (sulfide) groups is 1. The molecule has 0 bridgehead atoms. The van der Waals surface area contributed by atoms with Crippen molar-refractivity contribution >= 4 is 23.6 Å². The van der Waals surface area contributed by atoms with Gasteiger partial charge in [0.15, 0.2) is 0 Å². The van der Waals surface area contributed by atoms with Gasteiger partial charge >= 0.3 is 0 Å². The quantitative estimate of drug-likeness (QED) is 0.846. The largest absolute Gasteiger partial charge is 0.345 e. The van der Waals surface area contributed by atoms with Crippen LogP contribution in [0.5, 0.6) is 0 Å². The van der Waals surface area contributed by atoms with Crippen molar-refractivity contribution in [3.63, 3.8) is 0 Å². The summed E-state index contributed by atoms with van der Waals surface area (Å²) in [5.41, 5.74) is -0.687. The van der Waals surface area contributed by atoms with Crippen molar-refractivity contribution in [1.82, 2.24) is 10.2 Å². The summed E-state index contributed by atoms with van der Waals surface area (Å²) < 4.78 is 0.184. The molecule has 0 saturated carbocycles. The molecule has 18 heavy (non-hydrogen) atoms. The van der Waals surface area contributed by atoms with Crippen LogP contribution in [0.3, 0.4) is 0 Å². The second-order valence-corrected chi connectivity index (χ2v) is 7.74. The van der Waals surface area contributed by atoms with Crippen LogP contribution in [0.1, 0.15) is 41.0 Å². The first kappa shape index (κ1) is 15.3. The second kappa shape index (κ2) is 5.51. The van der Waals surface area contributed by atoms with Gasteiger partial charge in [-0.1, -0.05) is 27.7 Å². The van der Waals surface area contributed by atoms with Gasteiger partial charge in [-0.15, -0.1) is 0 Å². The number of carbonyl (C=O) groups is 2. The average Bonchev–Trinajstić information content (AvgIpc) is 2.27. The Morgan fingerprint density at radius 1 is 1.39 bits per heavy atom. The Morgan fingerprint density at radius 2 is 2.00 bits per heavy atom. The molecule has 1 fully saturated rings. The second-order valence-electron chi connectivity index (χ2n) is 5.82. The lowest BCUT2D eigenvalue weighted by Crippen LogP contribution is -2.65. The maximum atomic E-state index is 12.0. The third-order valence-electron chi connectivity index (χ3n) is 3.32. The molecule has 5 heteroatoms. The number of hydrogen-bond donors (Lipinski definition) is 1. The van der Waals surface area contributed by atoms with Crippen LogP contribution in [0, 0.1) is 0 Å². The summed E-state index contributed by atoms with van der Waals surface area (Å²) in [6.45, 7) is 11.0. The van der Waals surface area contributed by atoms with Gasteiger partial charge in [-0.3, -0.25) is 9.59 Å². The highest BCUT2D eigenvalue weighted by Crippen LogP contribution is 2.26. The molecule has 1 aliphatic rings. The maximum absolute atomic E-state index is 12.0. The van der Waals surface area contributed by atoms with E-state index in [0.29, 0.717) is 13.0 Å². The third kappa shape index (κ3) is 3.40. The van der Waals surface area contributed by atoms with Crippen LogP contribution >= 0.6 is 11.8 Å². The standard InChI is InChI=1S/C13H24N2O2S/c1-6-13(5)11(17)14-9-10(16)15(13)7-8-18-12(2,3)4/h6-9H2,1-5H3,(H,14,17). The van der Waals surface area contributed by atoms with Gasteiger partial charge in [-0.2, -0.15) is 11.8 Å². The van der Waals surface area contributed by atoms with Gasteiger partial charge in [-0.25, -0.2) is 0 Å². The molecule has 0 aromatic heterocycles. The number of piperazine rings is 1. The van der Waals surface area contributed by atoms with Crippen LogP contribution in [-0.4, -0.2) is 45.8 Å². The summed E-state index contributed by atoms with van der Waals surface area (Å²) in [7, 11) is 0. The maximum Gasteiger partial charge on any atom is 0.246 e. The van der Waals surface area contributed by atoms with E-state index in [9.17, 15) is 9.59 Å². The molecule has 0 aromatic carbocycles. The summed E-state index contributed by atoms with van der Waals surface area (Å²) in [4.78, 5) is 25.7. The Hall–Kier alpha value is -0.710. The van der Waals surface area contributed by atoms with E-state index in [0.717, 1.165) is 5.75 Å². The normalized spacial score (nSPS) is 25.3. The fraction of sp³-hybridized carbons (Fsp3) is 0.846. The Labute approximate surface area is 114 Å². The lowest BCUT2D eigenvalue weighted by atomic mass is 9.93. The van der Waals surface area contributed by atoms with E-state index < -0.39 is 5.54 Å². The van der Waals surface area contributed by atoms with Gasteiger partial charge < -0.3 is 10.2 Å². The lowest BCUT2D eigenvalue weighted by Gasteiger charge is -2.43. The zero-order valence-corrected chi connectivity index (χ0v) is 12.8. The molecule has 1 rings (SSSR count). The van der Waals surface area contributed by atoms with E-state index >= 15 is 0 Å². The summed E-state index contributed by atoms with van der Waals surface area (Å²) in [6, 6.07) is 0. The number of nitrogens with zero attached hydrogens (tertiary/aromatic N) is 1. The molecule has 1 aliphatic heterocycles. The predicted octanol–water partition coefficient (Wildman–Crippen LogP) is 1.65. The molecule has 0 aliphatic carbocycles. The van der Waals surface area contributed by atoms with Crippen molar-refractivity contribution in [2.75, 3.05) is 18.8 Å². The molecule has 1 unspecified atom stereocenters. The Morgan fingerprint density at radius 3 is 2.50 bits per heavy atom. The van der Waals surface area contributed by atoms with Crippen molar-refractivity contribution in [1.29, 1.82) is 0 Å². The topological polar surface area (TPSA) is 49.4 Å². The van der Waals surface area contributed by atoms with Gasteiger partial charge in [0.1, 0.15) is 5.54 Å². The molecule has 1 heterocycles. The molecule has 0 aromatic rings. The van der Waals surface area contributed by atoms with Crippen LogP contribution in [0.25, 0.3) is 0 Å². The minimum Gasteiger partial charge on any atom is -0.345 e. The molecule has 0 radical (unpaired) electrons. The van der Waals surface area contributed by atoms with Crippen LogP contribution in [0.15, 0.2) is 0 Å². The molecular formula is C13H24N2O2S. The van der Waals surface area contributed by atoms with E-state index in [4.69, 9.17) is 0 Å².